The number of hydrogen-bond donors (Lipinski definition) is 1. The lowest BCUT2D eigenvalue weighted by Crippen LogP contribution is -2.32. The molecular formula is C28H29N3O2. The lowest BCUT2D eigenvalue weighted by atomic mass is 10.0. The van der Waals surface area contributed by atoms with E-state index in [1.807, 2.05) is 71.4 Å². The van der Waals surface area contributed by atoms with E-state index in [2.05, 4.69) is 42.6 Å². The van der Waals surface area contributed by atoms with Gasteiger partial charge in [0.15, 0.2) is 0 Å². The first-order valence-corrected chi connectivity index (χ1v) is 11.2. The highest BCUT2D eigenvalue weighted by Crippen LogP contribution is 2.25. The SMILES string of the molecule is COC(=O)[C@H](CN[C@@H](C)c1ccccc1)Cc1cc(-c2ccccc2)n(-c2ccccc2)n1. The maximum Gasteiger partial charge on any atom is 0.310 e. The third-order valence-electron chi connectivity index (χ3n) is 5.79. The third kappa shape index (κ3) is 5.57. The number of hydrogen-bond acceptors (Lipinski definition) is 4. The van der Waals surface area contributed by atoms with Crippen LogP contribution in [0.15, 0.2) is 97.1 Å². The number of esters is 1. The van der Waals surface area contributed by atoms with Crippen LogP contribution in [0.25, 0.3) is 16.9 Å². The smallest absolute Gasteiger partial charge is 0.310 e. The van der Waals surface area contributed by atoms with Crippen LogP contribution in [0.5, 0.6) is 0 Å². The number of rotatable bonds is 9. The van der Waals surface area contributed by atoms with Gasteiger partial charge in [-0.3, -0.25) is 4.79 Å². The van der Waals surface area contributed by atoms with Gasteiger partial charge in [0, 0.05) is 24.6 Å². The molecule has 0 fully saturated rings. The van der Waals surface area contributed by atoms with Crippen LogP contribution in [0.2, 0.25) is 0 Å². The Bertz CT molecular complexity index is 1100. The minimum Gasteiger partial charge on any atom is -0.469 e. The number of benzene rings is 3. The topological polar surface area (TPSA) is 56.1 Å². The normalized spacial score (nSPS) is 12.8. The molecule has 0 radical (unpaired) electrons. The number of aromatic nitrogens is 2. The van der Waals surface area contributed by atoms with Gasteiger partial charge in [0.05, 0.1) is 30.1 Å². The fraction of sp³-hybridized carbons (Fsp3) is 0.214. The summed E-state index contributed by atoms with van der Waals surface area (Å²) in [6.07, 6.45) is 0.487. The highest BCUT2D eigenvalue weighted by Gasteiger charge is 2.23. The lowest BCUT2D eigenvalue weighted by molar-refractivity contribution is -0.145. The Hall–Kier alpha value is -3.70. The van der Waals surface area contributed by atoms with Crippen molar-refractivity contribution in [1.82, 2.24) is 15.1 Å². The molecule has 0 aliphatic carbocycles. The Kier molecular flexibility index (Phi) is 7.33. The highest BCUT2D eigenvalue weighted by molar-refractivity contribution is 5.73. The average Bonchev–Trinajstić information content (AvgIpc) is 3.31. The number of methoxy groups -OCH3 is 1. The zero-order chi connectivity index (χ0) is 23.0. The summed E-state index contributed by atoms with van der Waals surface area (Å²) >= 11 is 0. The summed E-state index contributed by atoms with van der Waals surface area (Å²) in [5.41, 5.74) is 5.08. The third-order valence-corrected chi connectivity index (χ3v) is 5.79. The number of nitrogens with one attached hydrogen (secondary N) is 1. The first-order valence-electron chi connectivity index (χ1n) is 11.2. The van der Waals surface area contributed by atoms with Gasteiger partial charge in [0.1, 0.15) is 0 Å². The predicted octanol–water partition coefficient (Wildman–Crippen LogP) is 5.22. The number of carbonyl (C=O) groups excluding carboxylic acids is 1. The summed E-state index contributed by atoms with van der Waals surface area (Å²) in [5, 5.41) is 8.36. The highest BCUT2D eigenvalue weighted by atomic mass is 16.5. The summed E-state index contributed by atoms with van der Waals surface area (Å²) in [6, 6.07) is 32.6. The van der Waals surface area contributed by atoms with Gasteiger partial charge in [-0.1, -0.05) is 78.9 Å². The molecule has 4 rings (SSSR count). The molecule has 5 nitrogen and oxygen atoms in total. The summed E-state index contributed by atoms with van der Waals surface area (Å²) in [4.78, 5) is 12.6. The second-order valence-corrected chi connectivity index (χ2v) is 8.10. The van der Waals surface area contributed by atoms with E-state index in [0.29, 0.717) is 13.0 Å². The summed E-state index contributed by atoms with van der Waals surface area (Å²) in [7, 11) is 1.44. The van der Waals surface area contributed by atoms with Gasteiger partial charge in [0.2, 0.25) is 0 Å². The zero-order valence-corrected chi connectivity index (χ0v) is 19.0. The van der Waals surface area contributed by atoms with E-state index in [0.717, 1.165) is 22.6 Å². The summed E-state index contributed by atoms with van der Waals surface area (Å²) in [5.74, 6) is -0.581. The molecule has 3 aromatic carbocycles. The first-order chi connectivity index (χ1) is 16.2. The van der Waals surface area contributed by atoms with Gasteiger partial charge in [-0.2, -0.15) is 5.10 Å². The van der Waals surface area contributed by atoms with Gasteiger partial charge >= 0.3 is 5.97 Å². The Morgan fingerprint density at radius 3 is 2.18 bits per heavy atom. The van der Waals surface area contributed by atoms with Crippen molar-refractivity contribution in [3.05, 3.63) is 108 Å². The van der Waals surface area contributed by atoms with E-state index in [1.165, 1.54) is 12.7 Å². The van der Waals surface area contributed by atoms with Crippen molar-refractivity contribution in [2.24, 2.45) is 5.92 Å². The van der Waals surface area contributed by atoms with Crippen LogP contribution >= 0.6 is 0 Å². The van der Waals surface area contributed by atoms with Crippen LogP contribution < -0.4 is 5.32 Å². The van der Waals surface area contributed by atoms with Gasteiger partial charge in [-0.25, -0.2) is 4.68 Å². The van der Waals surface area contributed by atoms with E-state index < -0.39 is 0 Å². The molecule has 2 atom stereocenters. The Labute approximate surface area is 195 Å². The quantitative estimate of drug-likeness (QED) is 0.363. The number of ether oxygens (including phenoxy) is 1. The monoisotopic (exact) mass is 439 g/mol. The molecule has 1 heterocycles. The number of carbonyl (C=O) groups is 1. The lowest BCUT2D eigenvalue weighted by Gasteiger charge is -2.19. The molecule has 33 heavy (non-hydrogen) atoms. The molecule has 1 N–H and O–H groups in total. The molecule has 0 saturated heterocycles. The van der Waals surface area contributed by atoms with Crippen molar-refractivity contribution in [2.45, 2.75) is 19.4 Å². The van der Waals surface area contributed by atoms with E-state index >= 15 is 0 Å². The molecule has 0 aliphatic rings. The van der Waals surface area contributed by atoms with Crippen molar-refractivity contribution >= 4 is 5.97 Å². The molecule has 4 aromatic rings. The Balaban J connectivity index is 1.58. The fourth-order valence-electron chi connectivity index (χ4n) is 3.95. The standard InChI is InChI=1S/C28H29N3O2/c1-21(22-12-6-3-7-13-22)29-20-24(28(32)33-2)18-25-19-27(23-14-8-4-9-15-23)31(30-25)26-16-10-5-11-17-26/h3-17,19,21,24,29H,18,20H2,1-2H3/t21-,24-/m0/s1. The van der Waals surface area contributed by atoms with Crippen LogP contribution in [-0.2, 0) is 16.0 Å². The zero-order valence-electron chi connectivity index (χ0n) is 19.0. The fourth-order valence-corrected chi connectivity index (χ4v) is 3.95. The van der Waals surface area contributed by atoms with Crippen molar-refractivity contribution < 1.29 is 9.53 Å². The van der Waals surface area contributed by atoms with Crippen molar-refractivity contribution in [3.8, 4) is 16.9 Å². The maximum atomic E-state index is 12.6. The number of para-hydroxylation sites is 1. The molecular weight excluding hydrogens is 410 g/mol. The summed E-state index contributed by atoms with van der Waals surface area (Å²) in [6.45, 7) is 2.60. The van der Waals surface area contributed by atoms with Crippen molar-refractivity contribution in [2.75, 3.05) is 13.7 Å². The minimum absolute atomic E-state index is 0.125. The van der Waals surface area contributed by atoms with Gasteiger partial charge in [0.25, 0.3) is 0 Å². The second-order valence-electron chi connectivity index (χ2n) is 8.10. The van der Waals surface area contributed by atoms with Crippen molar-refractivity contribution in [1.29, 1.82) is 0 Å². The molecule has 0 bridgehead atoms. The molecule has 168 valence electrons. The summed E-state index contributed by atoms with van der Waals surface area (Å²) < 4.78 is 7.06. The van der Waals surface area contributed by atoms with E-state index in [1.54, 1.807) is 0 Å². The van der Waals surface area contributed by atoms with Gasteiger partial charge < -0.3 is 10.1 Å². The minimum atomic E-state index is -0.344. The maximum absolute atomic E-state index is 12.6. The number of nitrogens with zero attached hydrogens (tertiary/aromatic N) is 2. The first kappa shape index (κ1) is 22.5. The van der Waals surface area contributed by atoms with Gasteiger partial charge in [-0.15, -0.1) is 0 Å². The average molecular weight is 440 g/mol. The van der Waals surface area contributed by atoms with Crippen molar-refractivity contribution in [3.63, 3.8) is 0 Å². The molecule has 0 unspecified atom stereocenters. The Morgan fingerprint density at radius 1 is 0.939 bits per heavy atom. The molecule has 0 spiro atoms. The largest absolute Gasteiger partial charge is 0.469 e. The van der Waals surface area contributed by atoms with E-state index in [-0.39, 0.29) is 17.9 Å². The molecule has 0 saturated carbocycles. The predicted molar refractivity (Wildman–Crippen MR) is 131 cm³/mol. The molecule has 0 aliphatic heterocycles. The van der Waals surface area contributed by atoms with Crippen LogP contribution in [0.4, 0.5) is 0 Å². The van der Waals surface area contributed by atoms with Crippen LogP contribution in [0.3, 0.4) is 0 Å². The van der Waals surface area contributed by atoms with Crippen LogP contribution in [0.1, 0.15) is 24.2 Å². The van der Waals surface area contributed by atoms with Gasteiger partial charge in [-0.05, 0) is 30.7 Å². The van der Waals surface area contributed by atoms with Crippen LogP contribution in [0, 0.1) is 5.92 Å². The Morgan fingerprint density at radius 2 is 1.55 bits per heavy atom. The molecule has 1 aromatic heterocycles. The van der Waals surface area contributed by atoms with E-state index in [9.17, 15) is 4.79 Å². The van der Waals surface area contributed by atoms with E-state index in [4.69, 9.17) is 9.84 Å². The molecule has 5 heteroatoms. The second kappa shape index (κ2) is 10.7. The molecule has 0 amide bonds. The van der Waals surface area contributed by atoms with Crippen LogP contribution in [-0.4, -0.2) is 29.4 Å².